The smallest absolute Gasteiger partial charge is 0.239 e. The first-order chi connectivity index (χ1) is 15.0. The number of allylic oxidation sites excluding steroid dienone is 1. The minimum absolute atomic E-state index is 0.111. The van der Waals surface area contributed by atoms with E-state index < -0.39 is 0 Å². The largest absolute Gasteiger partial charge is 0.493 e. The standard InChI is InChI=1S/C22H21N5O4/c1-29-18-10-14(11-19(30-2)21(18)31-3)20(28)15-9-13(16-5-4-8-24-16)6-7-17(15)27-12-25-22(23)26-27/h4,6-12H,5H2,1-3H3,(H2,23,26). The van der Waals surface area contributed by atoms with E-state index in [9.17, 15) is 4.79 Å². The Labute approximate surface area is 178 Å². The van der Waals surface area contributed by atoms with Crippen molar-refractivity contribution >= 4 is 17.4 Å². The molecule has 2 heterocycles. The molecule has 0 unspecified atom stereocenters. The first-order valence-corrected chi connectivity index (χ1v) is 9.44. The molecule has 4 rings (SSSR count). The number of carbonyl (C=O) groups is 1. The highest BCUT2D eigenvalue weighted by Gasteiger charge is 2.22. The van der Waals surface area contributed by atoms with Gasteiger partial charge in [-0.3, -0.25) is 9.79 Å². The molecule has 0 atom stereocenters. The van der Waals surface area contributed by atoms with Gasteiger partial charge in [-0.2, -0.15) is 0 Å². The van der Waals surface area contributed by atoms with Gasteiger partial charge in [0.05, 0.1) is 32.7 Å². The Morgan fingerprint density at radius 3 is 2.35 bits per heavy atom. The van der Waals surface area contributed by atoms with Gasteiger partial charge in [-0.25, -0.2) is 9.67 Å². The van der Waals surface area contributed by atoms with E-state index in [0.717, 1.165) is 11.3 Å². The summed E-state index contributed by atoms with van der Waals surface area (Å²) in [5, 5.41) is 4.16. The fraction of sp³-hybridized carbons (Fsp3) is 0.182. The van der Waals surface area contributed by atoms with E-state index in [0.29, 0.717) is 40.5 Å². The molecule has 0 fully saturated rings. The van der Waals surface area contributed by atoms with Crippen molar-refractivity contribution < 1.29 is 19.0 Å². The van der Waals surface area contributed by atoms with Crippen LogP contribution in [0.3, 0.4) is 0 Å². The molecule has 3 aromatic rings. The molecule has 0 bridgehead atoms. The maximum Gasteiger partial charge on any atom is 0.239 e. The van der Waals surface area contributed by atoms with Crippen LogP contribution in [0, 0.1) is 0 Å². The van der Waals surface area contributed by atoms with Gasteiger partial charge in [-0.05, 0) is 29.8 Å². The van der Waals surface area contributed by atoms with Gasteiger partial charge in [-0.15, -0.1) is 5.10 Å². The molecular formula is C22H21N5O4. The van der Waals surface area contributed by atoms with Gasteiger partial charge in [0.2, 0.25) is 11.7 Å². The average molecular weight is 419 g/mol. The fourth-order valence-electron chi connectivity index (χ4n) is 3.41. The number of nitrogen functional groups attached to an aromatic ring is 1. The van der Waals surface area contributed by atoms with Crippen LogP contribution < -0.4 is 19.9 Å². The Morgan fingerprint density at radius 2 is 1.81 bits per heavy atom. The highest BCUT2D eigenvalue weighted by molar-refractivity contribution is 6.13. The minimum atomic E-state index is -0.253. The van der Waals surface area contributed by atoms with Gasteiger partial charge < -0.3 is 19.9 Å². The second-order valence-electron chi connectivity index (χ2n) is 6.69. The molecule has 0 aliphatic carbocycles. The molecule has 0 amide bonds. The van der Waals surface area contributed by atoms with Crippen LogP contribution in [0.1, 0.15) is 27.9 Å². The SMILES string of the molecule is COc1cc(C(=O)c2cc(C3=NC=CC3)ccc2-n2cnc(N)n2)cc(OC)c1OC. The number of anilines is 1. The van der Waals surface area contributed by atoms with E-state index in [1.54, 1.807) is 30.5 Å². The number of nitrogens with two attached hydrogens (primary N) is 1. The van der Waals surface area contributed by atoms with Crippen LogP contribution in [0.2, 0.25) is 0 Å². The molecule has 0 saturated heterocycles. The lowest BCUT2D eigenvalue weighted by molar-refractivity contribution is 0.103. The summed E-state index contributed by atoms with van der Waals surface area (Å²) in [6.45, 7) is 0. The normalized spacial score (nSPS) is 12.5. The number of rotatable bonds is 7. The van der Waals surface area contributed by atoms with Crippen molar-refractivity contribution in [1.29, 1.82) is 0 Å². The van der Waals surface area contributed by atoms with Crippen molar-refractivity contribution in [3.05, 3.63) is 65.6 Å². The maximum absolute atomic E-state index is 13.7. The summed E-state index contributed by atoms with van der Waals surface area (Å²) in [4.78, 5) is 22.0. The number of ketones is 1. The number of carbonyl (C=O) groups excluding carboxylic acids is 1. The first-order valence-electron chi connectivity index (χ1n) is 9.44. The number of hydrogen-bond acceptors (Lipinski definition) is 8. The molecular weight excluding hydrogens is 398 g/mol. The Balaban J connectivity index is 1.87. The molecule has 1 aliphatic rings. The highest BCUT2D eigenvalue weighted by Crippen LogP contribution is 2.39. The second-order valence-corrected chi connectivity index (χ2v) is 6.69. The monoisotopic (exact) mass is 419 g/mol. The predicted octanol–water partition coefficient (Wildman–Crippen LogP) is 2.81. The third kappa shape index (κ3) is 3.73. The molecule has 1 aromatic heterocycles. The van der Waals surface area contributed by atoms with Crippen LogP contribution in [0.15, 0.2) is 53.9 Å². The molecule has 0 radical (unpaired) electrons. The highest BCUT2D eigenvalue weighted by atomic mass is 16.5. The molecule has 31 heavy (non-hydrogen) atoms. The van der Waals surface area contributed by atoms with Crippen molar-refractivity contribution in [2.24, 2.45) is 4.99 Å². The molecule has 9 nitrogen and oxygen atoms in total. The predicted molar refractivity (Wildman–Crippen MR) is 116 cm³/mol. The van der Waals surface area contributed by atoms with Crippen LogP contribution in [-0.4, -0.2) is 47.6 Å². The van der Waals surface area contributed by atoms with Crippen molar-refractivity contribution in [2.45, 2.75) is 6.42 Å². The fourth-order valence-corrected chi connectivity index (χ4v) is 3.41. The van der Waals surface area contributed by atoms with Crippen LogP contribution in [-0.2, 0) is 0 Å². The number of aliphatic imine (C=N–C) groups is 1. The Hall–Kier alpha value is -4.14. The molecule has 2 aromatic carbocycles. The number of benzene rings is 2. The van der Waals surface area contributed by atoms with Gasteiger partial charge in [-0.1, -0.05) is 12.1 Å². The van der Waals surface area contributed by atoms with Crippen LogP contribution >= 0.6 is 0 Å². The van der Waals surface area contributed by atoms with Gasteiger partial charge in [0.1, 0.15) is 6.33 Å². The summed E-state index contributed by atoms with van der Waals surface area (Å²) in [6.07, 6.45) is 5.88. The van der Waals surface area contributed by atoms with E-state index in [1.165, 1.54) is 32.3 Å². The zero-order valence-electron chi connectivity index (χ0n) is 17.3. The molecule has 2 N–H and O–H groups in total. The zero-order chi connectivity index (χ0) is 22.0. The van der Waals surface area contributed by atoms with Gasteiger partial charge in [0, 0.05) is 23.7 Å². The number of aromatic nitrogens is 3. The number of methoxy groups -OCH3 is 3. The van der Waals surface area contributed by atoms with Crippen molar-refractivity contribution in [3.63, 3.8) is 0 Å². The third-order valence-electron chi connectivity index (χ3n) is 4.90. The van der Waals surface area contributed by atoms with E-state index in [2.05, 4.69) is 15.1 Å². The quantitative estimate of drug-likeness (QED) is 0.586. The van der Waals surface area contributed by atoms with Gasteiger partial charge in [0.15, 0.2) is 17.3 Å². The Kier molecular flexibility index (Phi) is 5.40. The summed E-state index contributed by atoms with van der Waals surface area (Å²) in [5.74, 6) is 1.04. The van der Waals surface area contributed by atoms with Crippen molar-refractivity contribution in [2.75, 3.05) is 27.1 Å². The van der Waals surface area contributed by atoms with E-state index in [4.69, 9.17) is 19.9 Å². The summed E-state index contributed by atoms with van der Waals surface area (Å²) < 4.78 is 17.6. The van der Waals surface area contributed by atoms with Crippen molar-refractivity contribution in [1.82, 2.24) is 14.8 Å². The summed E-state index contributed by atoms with van der Waals surface area (Å²) in [7, 11) is 4.51. The Bertz CT molecular complexity index is 1190. The molecule has 0 saturated carbocycles. The molecule has 9 heteroatoms. The maximum atomic E-state index is 13.7. The van der Waals surface area contributed by atoms with Gasteiger partial charge >= 0.3 is 0 Å². The minimum Gasteiger partial charge on any atom is -0.493 e. The van der Waals surface area contributed by atoms with E-state index >= 15 is 0 Å². The lowest BCUT2D eigenvalue weighted by atomic mass is 9.96. The molecule has 158 valence electrons. The number of hydrogen-bond donors (Lipinski definition) is 1. The van der Waals surface area contributed by atoms with Gasteiger partial charge in [0.25, 0.3) is 0 Å². The molecule has 0 spiro atoms. The topological polar surface area (TPSA) is 114 Å². The van der Waals surface area contributed by atoms with E-state index in [-0.39, 0.29) is 11.7 Å². The average Bonchev–Trinajstić information content (AvgIpc) is 3.49. The summed E-state index contributed by atoms with van der Waals surface area (Å²) in [5.41, 5.74) is 8.73. The second kappa shape index (κ2) is 8.31. The Morgan fingerprint density at radius 1 is 1.06 bits per heavy atom. The zero-order valence-corrected chi connectivity index (χ0v) is 17.3. The van der Waals surface area contributed by atoms with Crippen LogP contribution in [0.4, 0.5) is 5.95 Å². The van der Waals surface area contributed by atoms with Crippen molar-refractivity contribution in [3.8, 4) is 22.9 Å². The molecule has 1 aliphatic heterocycles. The summed E-state index contributed by atoms with van der Waals surface area (Å²) in [6, 6.07) is 8.72. The van der Waals surface area contributed by atoms with Crippen LogP contribution in [0.25, 0.3) is 5.69 Å². The lowest BCUT2D eigenvalue weighted by Crippen LogP contribution is -2.11. The number of nitrogens with zero attached hydrogens (tertiary/aromatic N) is 4. The van der Waals surface area contributed by atoms with E-state index in [1.807, 2.05) is 12.1 Å². The third-order valence-corrected chi connectivity index (χ3v) is 4.90. The lowest BCUT2D eigenvalue weighted by Gasteiger charge is -2.15. The van der Waals surface area contributed by atoms with Crippen LogP contribution in [0.5, 0.6) is 17.2 Å². The summed E-state index contributed by atoms with van der Waals surface area (Å²) >= 11 is 0. The first kappa shape index (κ1) is 20.1. The number of ether oxygens (including phenoxy) is 3.